The van der Waals surface area contributed by atoms with Crippen molar-refractivity contribution in [3.05, 3.63) is 134 Å². The van der Waals surface area contributed by atoms with E-state index in [1.165, 1.54) is 0 Å². The Morgan fingerprint density at radius 3 is 1.33 bits per heavy atom. The van der Waals surface area contributed by atoms with Crippen molar-refractivity contribution in [1.29, 1.82) is 0 Å². The van der Waals surface area contributed by atoms with Gasteiger partial charge in [-0.15, -0.1) is 0 Å². The largest absolute Gasteiger partial charge is 0.454 e. The minimum atomic E-state index is 0.822. The van der Waals surface area contributed by atoms with Crippen molar-refractivity contribution >= 4 is 87.7 Å². The lowest BCUT2D eigenvalue weighted by Gasteiger charge is -2.08. The molecule has 0 saturated carbocycles. The minimum Gasteiger partial charge on any atom is -0.454 e. The average Bonchev–Trinajstić information content (AvgIpc) is 3.85. The normalized spacial score (nSPS) is 12.3. The zero-order chi connectivity index (χ0) is 29.9. The predicted molar refractivity (Wildman–Crippen MR) is 185 cm³/mol. The highest BCUT2D eigenvalue weighted by molar-refractivity contribution is 6.18. The van der Waals surface area contributed by atoms with Crippen molar-refractivity contribution in [1.82, 2.24) is 19.1 Å². The van der Waals surface area contributed by atoms with Crippen LogP contribution in [0.3, 0.4) is 0 Å². The first-order valence-electron chi connectivity index (χ1n) is 15.3. The highest BCUT2D eigenvalue weighted by atomic mass is 16.3. The second-order valence-corrected chi connectivity index (χ2v) is 11.8. The number of furan rings is 2. The maximum atomic E-state index is 6.75. The van der Waals surface area contributed by atoms with Gasteiger partial charge in [0.15, 0.2) is 11.2 Å². The molecule has 0 aliphatic carbocycles. The van der Waals surface area contributed by atoms with E-state index in [2.05, 4.69) is 118 Å². The number of rotatable bonds is 2. The molecule has 6 heterocycles. The third-order valence-corrected chi connectivity index (χ3v) is 9.41. The molecule has 0 saturated heterocycles. The van der Waals surface area contributed by atoms with Gasteiger partial charge in [-0.25, -0.2) is 0 Å². The Hall–Kier alpha value is -6.40. The van der Waals surface area contributed by atoms with Crippen molar-refractivity contribution in [2.75, 3.05) is 0 Å². The van der Waals surface area contributed by atoms with Crippen LogP contribution in [0.5, 0.6) is 0 Å². The molecule has 6 heteroatoms. The first kappa shape index (κ1) is 24.0. The van der Waals surface area contributed by atoms with Gasteiger partial charge in [-0.1, -0.05) is 60.7 Å². The third kappa shape index (κ3) is 3.00. The lowest BCUT2D eigenvalue weighted by Crippen LogP contribution is -1.94. The number of hydrogen-bond donors (Lipinski definition) is 0. The van der Waals surface area contributed by atoms with E-state index in [0.717, 1.165) is 99.1 Å². The van der Waals surface area contributed by atoms with Gasteiger partial charge in [0, 0.05) is 44.7 Å². The van der Waals surface area contributed by atoms with Crippen molar-refractivity contribution < 1.29 is 8.83 Å². The molecule has 5 aromatic carbocycles. The number of fused-ring (bicyclic) bond motifs is 12. The molecule has 0 bridgehead atoms. The van der Waals surface area contributed by atoms with E-state index in [9.17, 15) is 0 Å². The third-order valence-electron chi connectivity index (χ3n) is 9.41. The van der Waals surface area contributed by atoms with Crippen LogP contribution in [0.1, 0.15) is 0 Å². The van der Waals surface area contributed by atoms with Gasteiger partial charge in [0.1, 0.15) is 11.2 Å². The van der Waals surface area contributed by atoms with Crippen LogP contribution in [0.15, 0.2) is 143 Å². The molecule has 46 heavy (non-hydrogen) atoms. The summed E-state index contributed by atoms with van der Waals surface area (Å²) in [5.74, 6) is 0. The Morgan fingerprint density at radius 2 is 0.826 bits per heavy atom. The standard InChI is InChI=1S/C40H22N4O2/c1-3-13-29-25(9-1)37-31(17-7-19-41-37)43(29)33-15-5-11-23-27-21-36-28(22-35(27)45-39(23)33)24-12-6-16-34(40(24)46-36)44-30-14-4-2-10-26(30)38-32(44)18-8-20-42-38/h1-22H. The quantitative estimate of drug-likeness (QED) is 0.201. The summed E-state index contributed by atoms with van der Waals surface area (Å²) >= 11 is 0. The van der Waals surface area contributed by atoms with Crippen molar-refractivity contribution in [3.63, 3.8) is 0 Å². The van der Waals surface area contributed by atoms with E-state index in [4.69, 9.17) is 18.8 Å². The van der Waals surface area contributed by atoms with Gasteiger partial charge >= 0.3 is 0 Å². The van der Waals surface area contributed by atoms with Crippen molar-refractivity contribution in [2.24, 2.45) is 0 Å². The first-order valence-corrected chi connectivity index (χ1v) is 15.3. The Labute approximate surface area is 260 Å². The highest BCUT2D eigenvalue weighted by Gasteiger charge is 2.21. The Kier molecular flexibility index (Phi) is 4.49. The molecule has 0 N–H and O–H groups in total. The molecule has 0 atom stereocenters. The van der Waals surface area contributed by atoms with Crippen LogP contribution in [0.25, 0.3) is 99.1 Å². The van der Waals surface area contributed by atoms with Crippen LogP contribution in [-0.4, -0.2) is 19.1 Å². The molecule has 6 nitrogen and oxygen atoms in total. The second-order valence-electron chi connectivity index (χ2n) is 11.8. The molecule has 0 radical (unpaired) electrons. The minimum absolute atomic E-state index is 0.822. The summed E-state index contributed by atoms with van der Waals surface area (Å²) in [7, 11) is 0. The summed E-state index contributed by atoms with van der Waals surface area (Å²) in [4.78, 5) is 9.45. The maximum absolute atomic E-state index is 6.75. The summed E-state index contributed by atoms with van der Waals surface area (Å²) in [6.07, 6.45) is 3.70. The van der Waals surface area contributed by atoms with E-state index < -0.39 is 0 Å². The van der Waals surface area contributed by atoms with Crippen LogP contribution in [0.4, 0.5) is 0 Å². The van der Waals surface area contributed by atoms with E-state index in [1.54, 1.807) is 0 Å². The highest BCUT2D eigenvalue weighted by Crippen LogP contribution is 2.42. The number of pyridine rings is 2. The first-order chi connectivity index (χ1) is 22.8. The fourth-order valence-corrected chi connectivity index (χ4v) is 7.50. The van der Waals surface area contributed by atoms with E-state index in [-0.39, 0.29) is 0 Å². The van der Waals surface area contributed by atoms with Crippen LogP contribution < -0.4 is 0 Å². The van der Waals surface area contributed by atoms with Gasteiger partial charge < -0.3 is 18.0 Å². The summed E-state index contributed by atoms with van der Waals surface area (Å²) in [6.45, 7) is 0. The van der Waals surface area contributed by atoms with Gasteiger partial charge in [0.2, 0.25) is 0 Å². The van der Waals surface area contributed by atoms with Crippen molar-refractivity contribution in [2.45, 2.75) is 0 Å². The van der Waals surface area contributed by atoms with Crippen LogP contribution in [-0.2, 0) is 0 Å². The van der Waals surface area contributed by atoms with Crippen LogP contribution in [0, 0.1) is 0 Å². The molecular weight excluding hydrogens is 568 g/mol. The molecule has 0 fully saturated rings. The number of para-hydroxylation sites is 4. The molecular formula is C40H22N4O2. The topological polar surface area (TPSA) is 61.9 Å². The van der Waals surface area contributed by atoms with Crippen molar-refractivity contribution in [3.8, 4) is 11.4 Å². The van der Waals surface area contributed by atoms with E-state index in [1.807, 2.05) is 24.5 Å². The zero-order valence-corrected chi connectivity index (χ0v) is 24.3. The van der Waals surface area contributed by atoms with Crippen LogP contribution in [0.2, 0.25) is 0 Å². The molecule has 0 aliphatic heterocycles. The summed E-state index contributed by atoms with van der Waals surface area (Å²) < 4.78 is 18.0. The van der Waals surface area contributed by atoms with Gasteiger partial charge in [-0.05, 0) is 60.7 Å². The SMILES string of the molecule is c1cc(-n2c3ccccc3c3ncccc32)c2oc3cc4c(cc3c2c1)oc1c(-n2c3ccccc3c3ncccc32)cccc14. The lowest BCUT2D eigenvalue weighted by atomic mass is 10.1. The summed E-state index contributed by atoms with van der Waals surface area (Å²) in [5.41, 5.74) is 11.5. The average molecular weight is 591 g/mol. The predicted octanol–water partition coefficient (Wildman–Crippen LogP) is 10.5. The molecule has 0 amide bonds. The number of aromatic nitrogens is 4. The summed E-state index contributed by atoms with van der Waals surface area (Å²) in [6, 6.07) is 42.0. The maximum Gasteiger partial charge on any atom is 0.159 e. The molecule has 214 valence electrons. The van der Waals surface area contributed by atoms with Gasteiger partial charge in [-0.2, -0.15) is 0 Å². The van der Waals surface area contributed by atoms with E-state index in [0.29, 0.717) is 0 Å². The Morgan fingerprint density at radius 1 is 0.391 bits per heavy atom. The number of nitrogens with zero attached hydrogens (tertiary/aromatic N) is 4. The molecule has 0 aliphatic rings. The van der Waals surface area contributed by atoms with Gasteiger partial charge in [-0.3, -0.25) is 9.97 Å². The van der Waals surface area contributed by atoms with E-state index >= 15 is 0 Å². The zero-order valence-electron chi connectivity index (χ0n) is 24.3. The fourth-order valence-electron chi connectivity index (χ4n) is 7.50. The van der Waals surface area contributed by atoms with Gasteiger partial charge in [0.25, 0.3) is 0 Å². The fraction of sp³-hybridized carbons (Fsp3) is 0. The Bertz CT molecular complexity index is 2730. The Balaban J connectivity index is 1.18. The van der Waals surface area contributed by atoms with Crippen LogP contribution >= 0.6 is 0 Å². The lowest BCUT2D eigenvalue weighted by molar-refractivity contribution is 0.661. The molecule has 11 rings (SSSR count). The molecule has 11 aromatic rings. The number of hydrogen-bond acceptors (Lipinski definition) is 4. The molecule has 0 unspecified atom stereocenters. The molecule has 6 aromatic heterocycles. The summed E-state index contributed by atoms with van der Waals surface area (Å²) in [5, 5.41) is 6.35. The molecule has 0 spiro atoms. The second kappa shape index (κ2) is 8.61. The monoisotopic (exact) mass is 590 g/mol. The number of benzene rings is 5. The smallest absolute Gasteiger partial charge is 0.159 e. The van der Waals surface area contributed by atoms with Gasteiger partial charge in [0.05, 0.1) is 44.5 Å².